The Hall–Kier alpha value is -2.84. The van der Waals surface area contributed by atoms with Crippen LogP contribution < -0.4 is 0 Å². The lowest BCUT2D eigenvalue weighted by atomic mass is 9.94. The minimum Gasteiger partial charge on any atom is -0.465 e. The summed E-state index contributed by atoms with van der Waals surface area (Å²) in [6, 6.07) is 12.3. The Morgan fingerprint density at radius 1 is 0.409 bits per heavy atom. The molecule has 0 radical (unpaired) electrons. The van der Waals surface area contributed by atoms with E-state index in [0.29, 0.717) is 13.2 Å². The molecular weight excluding hydrogens is 817 g/mol. The van der Waals surface area contributed by atoms with Gasteiger partial charge >= 0.3 is 11.9 Å². The van der Waals surface area contributed by atoms with Crippen molar-refractivity contribution in [3.05, 3.63) is 60.2 Å². The number of hydrogen-bond acceptors (Lipinski definition) is 8. The van der Waals surface area contributed by atoms with Crippen LogP contribution in [0.25, 0.3) is 0 Å². The van der Waals surface area contributed by atoms with Crippen molar-refractivity contribution in [3.63, 3.8) is 0 Å². The second-order valence-corrected chi connectivity index (χ2v) is 19.6. The van der Waals surface area contributed by atoms with Gasteiger partial charge < -0.3 is 14.4 Å². The van der Waals surface area contributed by atoms with Crippen LogP contribution in [-0.4, -0.2) is 71.1 Å². The number of ether oxygens (including phenoxy) is 2. The molecule has 0 amide bonds. The third-order valence-corrected chi connectivity index (χ3v) is 13.5. The van der Waals surface area contributed by atoms with Gasteiger partial charge in [-0.15, -0.1) is 0 Å². The predicted octanol–water partition coefficient (Wildman–Crippen LogP) is 15.7. The highest BCUT2D eigenvalue weighted by Crippen LogP contribution is 2.23. The van der Waals surface area contributed by atoms with Crippen molar-refractivity contribution in [1.29, 1.82) is 0 Å². The zero-order chi connectivity index (χ0) is 47.4. The van der Waals surface area contributed by atoms with Crippen LogP contribution in [-0.2, 0) is 32.2 Å². The largest absolute Gasteiger partial charge is 0.465 e. The molecule has 2 rings (SSSR count). The van der Waals surface area contributed by atoms with Gasteiger partial charge in [0.25, 0.3) is 0 Å². The Bertz CT molecular complexity index is 1260. The summed E-state index contributed by atoms with van der Waals surface area (Å²) in [6.45, 7) is 15.8. The van der Waals surface area contributed by atoms with Crippen molar-refractivity contribution < 1.29 is 19.1 Å². The van der Waals surface area contributed by atoms with Crippen LogP contribution >= 0.6 is 0 Å². The monoisotopic (exact) mass is 919 g/mol. The normalized spacial score (nSPS) is 12.5. The fourth-order valence-corrected chi connectivity index (χ4v) is 9.17. The van der Waals surface area contributed by atoms with Gasteiger partial charge in [0.1, 0.15) is 0 Å². The number of nitrogens with zero attached hydrogens (tertiary/aromatic N) is 4. The SMILES string of the molecule is CCCCCCCCC(CCCCCC)C(=O)OCCCCCCN(CCCCCCOC(=O)C(CCCCCC)CCCCCCCC)CCN(Cc1ccccn1)Cc1ccccn1. The first-order valence-electron chi connectivity index (χ1n) is 28.1. The average molecular weight is 919 g/mol. The maximum absolute atomic E-state index is 13.2. The fraction of sp³-hybridized carbons (Fsp3) is 0.793. The minimum atomic E-state index is 0.0517. The molecule has 0 fully saturated rings. The molecule has 2 aromatic heterocycles. The zero-order valence-electron chi connectivity index (χ0n) is 43.5. The molecule has 8 nitrogen and oxygen atoms in total. The number of carbonyl (C=O) groups excluding carboxylic acids is 2. The molecule has 0 N–H and O–H groups in total. The molecule has 0 aliphatic carbocycles. The van der Waals surface area contributed by atoms with E-state index >= 15 is 0 Å². The highest BCUT2D eigenvalue weighted by Gasteiger charge is 2.21. The summed E-state index contributed by atoms with van der Waals surface area (Å²) >= 11 is 0. The van der Waals surface area contributed by atoms with Gasteiger partial charge in [-0.25, -0.2) is 0 Å². The standard InChI is InChI=1S/C58H102N4O4/c1-5-9-13-17-19-27-39-53(37-25-15-11-7-3)57(63)65-49-35-23-21-33-45-61(47-48-62(51-55-41-29-31-43-59-55)52-56-42-30-32-44-60-56)46-34-22-24-36-50-66-58(64)54(38-26-16-12-8-4)40-28-20-18-14-10-6-2/h29-32,41-44,53-54H,5-28,33-40,45-52H2,1-4H3. The lowest BCUT2D eigenvalue weighted by Crippen LogP contribution is -2.36. The first kappa shape index (κ1) is 59.3. The molecule has 2 atom stereocenters. The number of unbranched alkanes of at least 4 members (excludes halogenated alkanes) is 22. The molecule has 0 saturated carbocycles. The highest BCUT2D eigenvalue weighted by molar-refractivity contribution is 5.72. The number of pyridine rings is 2. The van der Waals surface area contributed by atoms with E-state index in [1.165, 1.54) is 103 Å². The Balaban J connectivity index is 1.87. The second-order valence-electron chi connectivity index (χ2n) is 19.6. The molecule has 2 heterocycles. The van der Waals surface area contributed by atoms with E-state index in [2.05, 4.69) is 71.7 Å². The van der Waals surface area contributed by atoms with E-state index in [4.69, 9.17) is 9.47 Å². The smallest absolute Gasteiger partial charge is 0.308 e. The number of rotatable bonds is 47. The van der Waals surface area contributed by atoms with E-state index in [-0.39, 0.29) is 23.8 Å². The first-order valence-corrected chi connectivity index (χ1v) is 28.1. The summed E-state index contributed by atoms with van der Waals surface area (Å²) in [5.74, 6) is 0.249. The van der Waals surface area contributed by atoms with Crippen molar-refractivity contribution in [2.75, 3.05) is 39.4 Å². The molecule has 0 bridgehead atoms. The summed E-state index contributed by atoms with van der Waals surface area (Å²) in [4.78, 5) is 40.8. The zero-order valence-corrected chi connectivity index (χ0v) is 43.5. The van der Waals surface area contributed by atoms with Gasteiger partial charge in [0.15, 0.2) is 0 Å². The molecule has 0 aliphatic heterocycles. The summed E-state index contributed by atoms with van der Waals surface area (Å²) in [5.41, 5.74) is 2.16. The van der Waals surface area contributed by atoms with Crippen LogP contribution in [0.3, 0.4) is 0 Å². The molecule has 0 saturated heterocycles. The Morgan fingerprint density at radius 2 is 0.742 bits per heavy atom. The number of hydrogen-bond donors (Lipinski definition) is 0. The van der Waals surface area contributed by atoms with Gasteiger partial charge in [-0.1, -0.05) is 194 Å². The van der Waals surface area contributed by atoms with E-state index in [1.807, 2.05) is 24.5 Å². The van der Waals surface area contributed by atoms with E-state index < -0.39 is 0 Å². The molecule has 8 heteroatoms. The van der Waals surface area contributed by atoms with E-state index in [0.717, 1.165) is 153 Å². The average Bonchev–Trinajstić information content (AvgIpc) is 3.33. The van der Waals surface area contributed by atoms with Crippen molar-refractivity contribution >= 4 is 11.9 Å². The van der Waals surface area contributed by atoms with Gasteiger partial charge in [-0.3, -0.25) is 24.5 Å². The fourth-order valence-electron chi connectivity index (χ4n) is 9.17. The van der Waals surface area contributed by atoms with E-state index in [1.54, 1.807) is 0 Å². The lowest BCUT2D eigenvalue weighted by molar-refractivity contribution is -0.150. The predicted molar refractivity (Wildman–Crippen MR) is 278 cm³/mol. The summed E-state index contributed by atoms with van der Waals surface area (Å²) in [6.07, 6.45) is 41.1. The number of carbonyl (C=O) groups is 2. The van der Waals surface area contributed by atoms with Gasteiger partial charge in [0, 0.05) is 38.6 Å². The van der Waals surface area contributed by atoms with Crippen LogP contribution in [0.1, 0.15) is 245 Å². The van der Waals surface area contributed by atoms with Crippen LogP contribution in [0.15, 0.2) is 48.8 Å². The van der Waals surface area contributed by atoms with Crippen LogP contribution in [0, 0.1) is 11.8 Å². The summed E-state index contributed by atoms with van der Waals surface area (Å²) in [7, 11) is 0. The van der Waals surface area contributed by atoms with Gasteiger partial charge in [-0.05, 0) is 88.7 Å². The number of esters is 2. The molecule has 0 aromatic carbocycles. The van der Waals surface area contributed by atoms with E-state index in [9.17, 15) is 9.59 Å². The topological polar surface area (TPSA) is 84.9 Å². The lowest BCUT2D eigenvalue weighted by Gasteiger charge is -2.27. The second kappa shape index (κ2) is 43.4. The third kappa shape index (κ3) is 32.8. The highest BCUT2D eigenvalue weighted by atomic mass is 16.5. The van der Waals surface area contributed by atoms with Crippen molar-refractivity contribution in [1.82, 2.24) is 19.8 Å². The molecule has 2 aromatic rings. The van der Waals surface area contributed by atoms with Crippen LogP contribution in [0.4, 0.5) is 0 Å². The molecule has 2 unspecified atom stereocenters. The summed E-state index contributed by atoms with van der Waals surface area (Å²) in [5, 5.41) is 0. The minimum absolute atomic E-state index is 0.0517. The Labute approximate surface area is 407 Å². The maximum atomic E-state index is 13.2. The van der Waals surface area contributed by atoms with Crippen LogP contribution in [0.2, 0.25) is 0 Å². The molecule has 0 spiro atoms. The Kier molecular flexibility index (Phi) is 39.0. The first-order chi connectivity index (χ1) is 32.5. The maximum Gasteiger partial charge on any atom is 0.308 e. The third-order valence-electron chi connectivity index (χ3n) is 13.5. The summed E-state index contributed by atoms with van der Waals surface area (Å²) < 4.78 is 11.9. The number of aromatic nitrogens is 2. The molecule has 66 heavy (non-hydrogen) atoms. The van der Waals surface area contributed by atoms with Gasteiger partial charge in [0.05, 0.1) is 36.4 Å². The molecular formula is C58H102N4O4. The van der Waals surface area contributed by atoms with Gasteiger partial charge in [-0.2, -0.15) is 0 Å². The van der Waals surface area contributed by atoms with Crippen molar-refractivity contribution in [2.45, 2.75) is 246 Å². The van der Waals surface area contributed by atoms with Crippen LogP contribution in [0.5, 0.6) is 0 Å². The molecule has 0 aliphatic rings. The quantitative estimate of drug-likeness (QED) is 0.0479. The molecule has 378 valence electrons. The Morgan fingerprint density at radius 3 is 1.12 bits per heavy atom. The van der Waals surface area contributed by atoms with Crippen molar-refractivity contribution in [3.8, 4) is 0 Å². The van der Waals surface area contributed by atoms with Gasteiger partial charge in [0.2, 0.25) is 0 Å². The van der Waals surface area contributed by atoms with Crippen molar-refractivity contribution in [2.24, 2.45) is 11.8 Å².